The van der Waals surface area contributed by atoms with Crippen LogP contribution in [-0.4, -0.2) is 44.7 Å². The number of para-hydroxylation sites is 1. The first-order valence-electron chi connectivity index (χ1n) is 10.1. The fourth-order valence-electron chi connectivity index (χ4n) is 3.91. The maximum atomic E-state index is 13.3. The Morgan fingerprint density at radius 1 is 1.09 bits per heavy atom. The molecule has 10 heteroatoms. The van der Waals surface area contributed by atoms with Gasteiger partial charge < -0.3 is 19.9 Å². The van der Waals surface area contributed by atoms with E-state index >= 15 is 0 Å². The summed E-state index contributed by atoms with van der Waals surface area (Å²) in [4.78, 5) is 28.8. The van der Waals surface area contributed by atoms with Crippen LogP contribution >= 0.6 is 11.6 Å². The number of hydrogen-bond acceptors (Lipinski definition) is 4. The molecule has 0 bridgehead atoms. The van der Waals surface area contributed by atoms with Gasteiger partial charge in [0, 0.05) is 26.1 Å². The first kappa shape index (κ1) is 22.4. The number of nitrogens with zero attached hydrogens (tertiary/aromatic N) is 2. The molecule has 0 aromatic heterocycles. The number of halogens is 4. The molecule has 2 aliphatic rings. The van der Waals surface area contributed by atoms with Crippen molar-refractivity contribution in [1.29, 1.82) is 0 Å². The Kier molecular flexibility index (Phi) is 6.30. The van der Waals surface area contributed by atoms with E-state index in [1.165, 1.54) is 11.0 Å². The van der Waals surface area contributed by atoms with Crippen molar-refractivity contribution in [2.45, 2.75) is 12.6 Å². The summed E-state index contributed by atoms with van der Waals surface area (Å²) in [6, 6.07) is 10.1. The van der Waals surface area contributed by atoms with Crippen LogP contribution < -0.4 is 15.1 Å². The number of benzene rings is 2. The maximum Gasteiger partial charge on any atom is 0.416 e. The number of alkyl halides is 3. The smallest absolute Gasteiger partial charge is 0.378 e. The summed E-state index contributed by atoms with van der Waals surface area (Å²) < 4.78 is 45.2. The molecule has 0 aliphatic carbocycles. The van der Waals surface area contributed by atoms with Crippen LogP contribution in [0.1, 0.15) is 12.0 Å². The van der Waals surface area contributed by atoms with E-state index in [1.807, 2.05) is 4.90 Å². The van der Waals surface area contributed by atoms with Gasteiger partial charge in [-0.3, -0.25) is 9.59 Å². The van der Waals surface area contributed by atoms with Crippen molar-refractivity contribution >= 4 is 40.5 Å². The molecule has 1 N–H and O–H groups in total. The number of anilines is 3. The highest BCUT2D eigenvalue weighted by Gasteiger charge is 2.37. The number of ether oxygens (including phenoxy) is 1. The van der Waals surface area contributed by atoms with E-state index in [0.717, 1.165) is 12.1 Å². The van der Waals surface area contributed by atoms with Crippen molar-refractivity contribution in [2.75, 3.05) is 48.0 Å². The third-order valence-electron chi connectivity index (χ3n) is 5.57. The predicted molar refractivity (Wildman–Crippen MR) is 115 cm³/mol. The number of hydrogen-bond donors (Lipinski definition) is 1. The first-order chi connectivity index (χ1) is 15.2. The van der Waals surface area contributed by atoms with Crippen LogP contribution in [0.3, 0.4) is 0 Å². The molecule has 32 heavy (non-hydrogen) atoms. The van der Waals surface area contributed by atoms with E-state index in [1.54, 1.807) is 24.3 Å². The molecule has 2 aromatic carbocycles. The van der Waals surface area contributed by atoms with Crippen LogP contribution in [0, 0.1) is 5.92 Å². The van der Waals surface area contributed by atoms with Crippen molar-refractivity contribution in [3.63, 3.8) is 0 Å². The highest BCUT2D eigenvalue weighted by atomic mass is 35.5. The Morgan fingerprint density at radius 2 is 1.81 bits per heavy atom. The zero-order chi connectivity index (χ0) is 22.9. The fourth-order valence-corrected chi connectivity index (χ4v) is 4.15. The third kappa shape index (κ3) is 4.68. The summed E-state index contributed by atoms with van der Waals surface area (Å²) in [6.07, 6.45) is -4.60. The molecule has 2 heterocycles. The van der Waals surface area contributed by atoms with Gasteiger partial charge >= 0.3 is 6.18 Å². The van der Waals surface area contributed by atoms with Gasteiger partial charge in [0.25, 0.3) is 0 Å². The molecule has 4 rings (SSSR count). The molecule has 2 amide bonds. The lowest BCUT2D eigenvalue weighted by Gasteiger charge is -2.31. The van der Waals surface area contributed by atoms with E-state index in [9.17, 15) is 22.8 Å². The summed E-state index contributed by atoms with van der Waals surface area (Å²) in [7, 11) is 0. The average molecular weight is 468 g/mol. The molecule has 2 aliphatic heterocycles. The minimum atomic E-state index is -4.55. The molecule has 170 valence electrons. The van der Waals surface area contributed by atoms with Crippen molar-refractivity contribution in [3.8, 4) is 0 Å². The van der Waals surface area contributed by atoms with Gasteiger partial charge in [-0.2, -0.15) is 13.2 Å². The second-order valence-corrected chi connectivity index (χ2v) is 8.08. The standard InChI is InChI=1S/C22H21ClF3N3O3/c23-16-3-1-2-4-18(16)29-13-14(11-20(29)30)21(31)27-17-12-15(22(24,25)26)5-6-19(17)28-7-9-32-10-8-28/h1-6,12,14H,7-11,13H2,(H,27,31). The van der Waals surface area contributed by atoms with Crippen LogP contribution in [0.4, 0.5) is 30.2 Å². The predicted octanol–water partition coefficient (Wildman–Crippen LogP) is 4.19. The Morgan fingerprint density at radius 3 is 2.50 bits per heavy atom. The van der Waals surface area contributed by atoms with Gasteiger partial charge in [-0.15, -0.1) is 0 Å². The number of nitrogens with one attached hydrogen (secondary N) is 1. The van der Waals surface area contributed by atoms with Gasteiger partial charge in [0.2, 0.25) is 11.8 Å². The van der Waals surface area contributed by atoms with Gasteiger partial charge in [-0.25, -0.2) is 0 Å². The van der Waals surface area contributed by atoms with Gasteiger partial charge in [-0.1, -0.05) is 23.7 Å². The van der Waals surface area contributed by atoms with Crippen LogP contribution in [0.5, 0.6) is 0 Å². The summed E-state index contributed by atoms with van der Waals surface area (Å²) in [5.74, 6) is -1.50. The SMILES string of the molecule is O=C(Nc1cc(C(F)(F)F)ccc1N1CCOCC1)C1CC(=O)N(c2ccccc2Cl)C1. The number of carbonyl (C=O) groups excluding carboxylic acids is 2. The zero-order valence-electron chi connectivity index (χ0n) is 17.0. The van der Waals surface area contributed by atoms with Gasteiger partial charge in [-0.05, 0) is 30.3 Å². The Bertz CT molecular complexity index is 1020. The van der Waals surface area contributed by atoms with Crippen LogP contribution in [0.15, 0.2) is 42.5 Å². The lowest BCUT2D eigenvalue weighted by Crippen LogP contribution is -2.37. The maximum absolute atomic E-state index is 13.3. The molecular formula is C22H21ClF3N3O3. The van der Waals surface area contributed by atoms with E-state index in [-0.39, 0.29) is 24.6 Å². The number of morpholine rings is 1. The summed E-state index contributed by atoms with van der Waals surface area (Å²) >= 11 is 6.18. The molecule has 1 atom stereocenters. The normalized spacial score (nSPS) is 19.4. The second kappa shape index (κ2) is 8.99. The van der Waals surface area contributed by atoms with Crippen molar-refractivity contribution in [2.24, 2.45) is 5.92 Å². The molecular weight excluding hydrogens is 447 g/mol. The Hall–Kier alpha value is -2.78. The summed E-state index contributed by atoms with van der Waals surface area (Å²) in [5.41, 5.74) is 0.199. The van der Waals surface area contributed by atoms with Crippen LogP contribution in [0.25, 0.3) is 0 Å². The molecule has 2 saturated heterocycles. The van der Waals surface area contributed by atoms with Crippen molar-refractivity contribution in [1.82, 2.24) is 0 Å². The van der Waals surface area contributed by atoms with E-state index in [4.69, 9.17) is 16.3 Å². The quantitative estimate of drug-likeness (QED) is 0.732. The fraction of sp³-hybridized carbons (Fsp3) is 0.364. The monoisotopic (exact) mass is 467 g/mol. The van der Waals surface area contributed by atoms with Crippen LogP contribution in [-0.2, 0) is 20.5 Å². The Labute approximate surface area is 187 Å². The molecule has 0 spiro atoms. The van der Waals surface area contributed by atoms with E-state index < -0.39 is 23.6 Å². The molecule has 0 radical (unpaired) electrons. The van der Waals surface area contributed by atoms with Gasteiger partial charge in [0.1, 0.15) is 0 Å². The van der Waals surface area contributed by atoms with Crippen LogP contribution in [0.2, 0.25) is 5.02 Å². The van der Waals surface area contributed by atoms with Gasteiger partial charge in [0.05, 0.1) is 46.8 Å². The molecule has 2 aromatic rings. The lowest BCUT2D eigenvalue weighted by atomic mass is 10.1. The molecule has 2 fully saturated rings. The highest BCUT2D eigenvalue weighted by molar-refractivity contribution is 6.33. The first-order valence-corrected chi connectivity index (χ1v) is 10.5. The third-order valence-corrected chi connectivity index (χ3v) is 5.89. The number of carbonyl (C=O) groups is 2. The minimum Gasteiger partial charge on any atom is -0.378 e. The number of amides is 2. The van der Waals surface area contributed by atoms with Crippen molar-refractivity contribution in [3.05, 3.63) is 53.1 Å². The topological polar surface area (TPSA) is 61.9 Å². The molecule has 0 saturated carbocycles. The minimum absolute atomic E-state index is 0.0527. The van der Waals surface area contributed by atoms with E-state index in [0.29, 0.717) is 42.7 Å². The lowest BCUT2D eigenvalue weighted by molar-refractivity contribution is -0.137. The Balaban J connectivity index is 1.56. The largest absolute Gasteiger partial charge is 0.416 e. The highest BCUT2D eigenvalue weighted by Crippen LogP contribution is 2.37. The molecule has 1 unspecified atom stereocenters. The van der Waals surface area contributed by atoms with E-state index in [2.05, 4.69) is 5.32 Å². The summed E-state index contributed by atoms with van der Waals surface area (Å²) in [6.45, 7) is 1.98. The molecule has 6 nitrogen and oxygen atoms in total. The number of rotatable bonds is 4. The zero-order valence-corrected chi connectivity index (χ0v) is 17.7. The second-order valence-electron chi connectivity index (χ2n) is 7.68. The van der Waals surface area contributed by atoms with Crippen molar-refractivity contribution < 1.29 is 27.5 Å². The average Bonchev–Trinajstić information content (AvgIpc) is 3.15. The van der Waals surface area contributed by atoms with Gasteiger partial charge in [0.15, 0.2) is 0 Å². The summed E-state index contributed by atoms with van der Waals surface area (Å²) in [5, 5.41) is 3.02.